The van der Waals surface area contributed by atoms with Crippen LogP contribution in [0.3, 0.4) is 0 Å². The first-order valence-electron chi connectivity index (χ1n) is 6.62. The van der Waals surface area contributed by atoms with Crippen LogP contribution in [0.4, 0.5) is 0 Å². The number of rotatable bonds is 2. The summed E-state index contributed by atoms with van der Waals surface area (Å²) in [4.78, 5) is 0. The third-order valence-corrected chi connectivity index (χ3v) is 6.03. The van der Waals surface area contributed by atoms with E-state index >= 15 is 0 Å². The fourth-order valence-electron chi connectivity index (χ4n) is 2.80. The van der Waals surface area contributed by atoms with E-state index in [0.717, 1.165) is 38.5 Å². The van der Waals surface area contributed by atoms with Gasteiger partial charge in [-0.05, 0) is 44.4 Å². The Morgan fingerprint density at radius 2 is 1.94 bits per heavy atom. The number of sulfonamides is 1. The maximum absolute atomic E-state index is 11.9. The SMILES string of the molecule is CC1CCC(O)(CN2CCCCS2(=O)=O)CC1. The van der Waals surface area contributed by atoms with Crippen LogP contribution in [-0.2, 0) is 10.0 Å². The normalized spacial score (nSPS) is 39.1. The molecule has 1 N–H and O–H groups in total. The van der Waals surface area contributed by atoms with Crippen molar-refractivity contribution in [2.24, 2.45) is 5.92 Å². The molecule has 2 fully saturated rings. The predicted molar refractivity (Wildman–Crippen MR) is 67.2 cm³/mol. The highest BCUT2D eigenvalue weighted by atomic mass is 32.2. The van der Waals surface area contributed by atoms with E-state index < -0.39 is 15.6 Å². The highest BCUT2D eigenvalue weighted by molar-refractivity contribution is 7.89. The molecule has 1 aliphatic carbocycles. The van der Waals surface area contributed by atoms with E-state index in [9.17, 15) is 13.5 Å². The van der Waals surface area contributed by atoms with Gasteiger partial charge >= 0.3 is 0 Å². The van der Waals surface area contributed by atoms with Crippen molar-refractivity contribution >= 4 is 10.0 Å². The number of nitrogens with zero attached hydrogens (tertiary/aromatic N) is 1. The van der Waals surface area contributed by atoms with Gasteiger partial charge in [-0.25, -0.2) is 8.42 Å². The Labute approximate surface area is 104 Å². The zero-order valence-electron chi connectivity index (χ0n) is 10.6. The second-order valence-corrected chi connectivity index (χ2v) is 7.85. The van der Waals surface area contributed by atoms with E-state index in [1.54, 1.807) is 0 Å². The minimum atomic E-state index is -3.10. The first-order chi connectivity index (χ1) is 7.91. The van der Waals surface area contributed by atoms with Crippen LogP contribution in [0, 0.1) is 5.92 Å². The summed E-state index contributed by atoms with van der Waals surface area (Å²) in [6.45, 7) is 3.08. The minimum absolute atomic E-state index is 0.249. The maximum Gasteiger partial charge on any atom is 0.214 e. The second kappa shape index (κ2) is 4.86. The average molecular weight is 261 g/mol. The molecule has 0 aromatic carbocycles. The van der Waals surface area contributed by atoms with Crippen molar-refractivity contribution in [3.05, 3.63) is 0 Å². The van der Waals surface area contributed by atoms with Gasteiger partial charge in [0.15, 0.2) is 0 Å². The summed E-state index contributed by atoms with van der Waals surface area (Å²) >= 11 is 0. The van der Waals surface area contributed by atoms with E-state index in [1.807, 2.05) is 0 Å². The van der Waals surface area contributed by atoms with Gasteiger partial charge in [0.05, 0.1) is 11.4 Å². The predicted octanol–water partition coefficient (Wildman–Crippen LogP) is 1.35. The van der Waals surface area contributed by atoms with Crippen LogP contribution in [0.1, 0.15) is 45.4 Å². The van der Waals surface area contributed by atoms with Crippen LogP contribution in [0.2, 0.25) is 0 Å². The van der Waals surface area contributed by atoms with Gasteiger partial charge in [-0.15, -0.1) is 0 Å². The molecule has 4 nitrogen and oxygen atoms in total. The number of hydrogen-bond donors (Lipinski definition) is 1. The molecule has 1 aliphatic heterocycles. The molecule has 0 unspecified atom stereocenters. The second-order valence-electron chi connectivity index (χ2n) is 5.76. The van der Waals surface area contributed by atoms with Crippen molar-refractivity contribution < 1.29 is 13.5 Å². The maximum atomic E-state index is 11.9. The van der Waals surface area contributed by atoms with E-state index in [-0.39, 0.29) is 5.75 Å². The van der Waals surface area contributed by atoms with E-state index in [1.165, 1.54) is 4.31 Å². The summed E-state index contributed by atoms with van der Waals surface area (Å²) < 4.78 is 25.3. The van der Waals surface area contributed by atoms with Crippen LogP contribution >= 0.6 is 0 Å². The lowest BCUT2D eigenvalue weighted by atomic mass is 9.79. The molecule has 1 heterocycles. The molecule has 17 heavy (non-hydrogen) atoms. The van der Waals surface area contributed by atoms with E-state index in [4.69, 9.17) is 0 Å². The molecule has 100 valence electrons. The smallest absolute Gasteiger partial charge is 0.214 e. The zero-order valence-corrected chi connectivity index (χ0v) is 11.4. The highest BCUT2D eigenvalue weighted by Crippen LogP contribution is 2.33. The molecule has 1 saturated heterocycles. The quantitative estimate of drug-likeness (QED) is 0.816. The molecule has 2 rings (SSSR count). The lowest BCUT2D eigenvalue weighted by molar-refractivity contribution is -0.0211. The third-order valence-electron chi connectivity index (χ3n) is 4.13. The Morgan fingerprint density at radius 1 is 1.29 bits per heavy atom. The van der Waals surface area contributed by atoms with Gasteiger partial charge in [0.1, 0.15) is 0 Å². The average Bonchev–Trinajstić information content (AvgIpc) is 2.26. The first-order valence-corrected chi connectivity index (χ1v) is 8.22. The molecule has 1 saturated carbocycles. The molecule has 0 amide bonds. The monoisotopic (exact) mass is 261 g/mol. The Balaban J connectivity index is 2.00. The number of hydrogen-bond acceptors (Lipinski definition) is 3. The lowest BCUT2D eigenvalue weighted by Crippen LogP contribution is -2.49. The van der Waals surface area contributed by atoms with Crippen LogP contribution in [0.5, 0.6) is 0 Å². The molecule has 0 spiro atoms. The largest absolute Gasteiger partial charge is 0.389 e. The Hall–Kier alpha value is -0.130. The molecule has 0 aromatic heterocycles. The summed E-state index contributed by atoms with van der Waals surface area (Å²) in [5.74, 6) is 0.910. The van der Waals surface area contributed by atoms with Gasteiger partial charge in [-0.3, -0.25) is 0 Å². The Bertz CT molecular complexity index is 358. The summed E-state index contributed by atoms with van der Waals surface area (Å²) in [5, 5.41) is 10.5. The summed E-state index contributed by atoms with van der Waals surface area (Å²) in [7, 11) is -3.10. The van der Waals surface area contributed by atoms with Crippen molar-refractivity contribution in [2.75, 3.05) is 18.8 Å². The van der Waals surface area contributed by atoms with Gasteiger partial charge in [-0.2, -0.15) is 4.31 Å². The Kier molecular flexibility index (Phi) is 3.80. The highest BCUT2D eigenvalue weighted by Gasteiger charge is 2.37. The van der Waals surface area contributed by atoms with Crippen LogP contribution in [-0.4, -0.2) is 42.3 Å². The van der Waals surface area contributed by atoms with Crippen molar-refractivity contribution in [3.63, 3.8) is 0 Å². The van der Waals surface area contributed by atoms with Crippen LogP contribution < -0.4 is 0 Å². The van der Waals surface area contributed by atoms with Crippen molar-refractivity contribution in [1.82, 2.24) is 4.31 Å². The minimum Gasteiger partial charge on any atom is -0.389 e. The first kappa shape index (κ1) is 13.3. The number of aliphatic hydroxyl groups is 1. The molecule has 0 atom stereocenters. The third kappa shape index (κ3) is 3.20. The van der Waals surface area contributed by atoms with E-state index in [0.29, 0.717) is 19.0 Å². The van der Waals surface area contributed by atoms with Gasteiger partial charge < -0.3 is 5.11 Å². The van der Waals surface area contributed by atoms with E-state index in [2.05, 4.69) is 6.92 Å². The molecule has 0 aromatic rings. The van der Waals surface area contributed by atoms with Crippen molar-refractivity contribution in [3.8, 4) is 0 Å². The standard InChI is InChI=1S/C12H23NO3S/c1-11-4-6-12(14,7-5-11)10-13-8-2-3-9-17(13,15)16/h11,14H,2-10H2,1H3. The van der Waals surface area contributed by atoms with Crippen molar-refractivity contribution in [1.29, 1.82) is 0 Å². The summed E-state index contributed by atoms with van der Waals surface area (Å²) in [5.41, 5.74) is -0.781. The van der Waals surface area contributed by atoms with Crippen LogP contribution in [0.15, 0.2) is 0 Å². The Morgan fingerprint density at radius 3 is 2.53 bits per heavy atom. The van der Waals surface area contributed by atoms with Crippen molar-refractivity contribution in [2.45, 2.75) is 51.0 Å². The fourth-order valence-corrected chi connectivity index (χ4v) is 4.48. The summed E-state index contributed by atoms with van der Waals surface area (Å²) in [6, 6.07) is 0. The van der Waals surface area contributed by atoms with Gasteiger partial charge in [0.2, 0.25) is 10.0 Å². The fraction of sp³-hybridized carbons (Fsp3) is 1.00. The zero-order chi connectivity index (χ0) is 12.5. The molecule has 0 bridgehead atoms. The molecular weight excluding hydrogens is 238 g/mol. The van der Waals surface area contributed by atoms with Crippen LogP contribution in [0.25, 0.3) is 0 Å². The molecule has 5 heteroatoms. The number of β-amino-alcohol motifs (C(OH)–C–C–N with tert-alkyl or cyclic N) is 1. The molecule has 0 radical (unpaired) electrons. The topological polar surface area (TPSA) is 57.6 Å². The molecule has 2 aliphatic rings. The summed E-state index contributed by atoms with van der Waals surface area (Å²) in [6.07, 6.45) is 5.16. The van der Waals surface area contributed by atoms with Gasteiger partial charge in [0.25, 0.3) is 0 Å². The molecular formula is C12H23NO3S. The van der Waals surface area contributed by atoms with Gasteiger partial charge in [-0.1, -0.05) is 6.92 Å². The van der Waals surface area contributed by atoms with Gasteiger partial charge in [0, 0.05) is 13.1 Å². The lowest BCUT2D eigenvalue weighted by Gasteiger charge is -2.39.